The molecule has 0 aliphatic carbocycles. The van der Waals surface area contributed by atoms with Crippen LogP contribution in [0.2, 0.25) is 0 Å². The maximum Gasteiger partial charge on any atom is 0.329 e. The van der Waals surface area contributed by atoms with Crippen molar-refractivity contribution in [1.29, 1.82) is 0 Å². The van der Waals surface area contributed by atoms with E-state index < -0.39 is 17.2 Å². The number of H-pyrrole nitrogens is 1. The molecule has 0 aliphatic heterocycles. The minimum atomic E-state index is -0.535. The first kappa shape index (κ1) is 14.1. The van der Waals surface area contributed by atoms with E-state index in [1.165, 1.54) is 18.7 Å². The van der Waals surface area contributed by atoms with Gasteiger partial charge in [0.2, 0.25) is 5.78 Å². The first-order valence-corrected chi connectivity index (χ1v) is 6.60. The largest absolute Gasteiger partial charge is 0.468 e. The van der Waals surface area contributed by atoms with Crippen LogP contribution in [0.25, 0.3) is 16.9 Å². The molecule has 0 fully saturated rings. The van der Waals surface area contributed by atoms with Crippen molar-refractivity contribution >= 4 is 22.9 Å². The van der Waals surface area contributed by atoms with Crippen molar-refractivity contribution < 1.29 is 9.53 Å². The molecule has 9 nitrogen and oxygen atoms in total. The quantitative estimate of drug-likeness (QED) is 0.641. The summed E-state index contributed by atoms with van der Waals surface area (Å²) < 4.78 is 9.26. The van der Waals surface area contributed by atoms with Gasteiger partial charge in [0.25, 0.3) is 5.56 Å². The number of methoxy groups -OCH3 is 1. The molecule has 0 spiro atoms. The Balaban J connectivity index is 2.48. The number of fused-ring (bicyclic) bond motifs is 3. The summed E-state index contributed by atoms with van der Waals surface area (Å²) in [5.74, 6) is -0.00226. The van der Waals surface area contributed by atoms with Crippen molar-refractivity contribution in [2.24, 2.45) is 7.05 Å². The lowest BCUT2D eigenvalue weighted by atomic mass is 10.3. The highest BCUT2D eigenvalue weighted by molar-refractivity contribution is 5.77. The highest BCUT2D eigenvalue weighted by Crippen LogP contribution is 2.20. The molecule has 3 aromatic heterocycles. The first-order valence-electron chi connectivity index (χ1n) is 6.60. The lowest BCUT2D eigenvalue weighted by molar-refractivity contribution is -0.141. The monoisotopic (exact) mass is 305 g/mol. The van der Waals surface area contributed by atoms with Crippen molar-refractivity contribution in [3.8, 4) is 0 Å². The molecule has 0 aromatic carbocycles. The van der Waals surface area contributed by atoms with Crippen LogP contribution in [0, 0.1) is 13.8 Å². The predicted octanol–water partition coefficient (Wildman–Crippen LogP) is -0.534. The number of hydrogen-bond donors (Lipinski definition) is 1. The van der Waals surface area contributed by atoms with Gasteiger partial charge in [-0.3, -0.25) is 23.5 Å². The fraction of sp³-hybridized carbons (Fsp3) is 0.385. The second-order valence-electron chi connectivity index (χ2n) is 5.07. The summed E-state index contributed by atoms with van der Waals surface area (Å²) in [5.41, 5.74) is 1.07. The molecule has 0 atom stereocenters. The summed E-state index contributed by atoms with van der Waals surface area (Å²) in [4.78, 5) is 42.0. The SMILES string of the molecule is COC(=O)Cn1c(C)c(C)n2c3c(=O)[nH]c(=O)n(C)c3nc12. The van der Waals surface area contributed by atoms with Crippen LogP contribution in [0.5, 0.6) is 0 Å². The molecule has 3 heterocycles. The van der Waals surface area contributed by atoms with Crippen molar-refractivity contribution in [1.82, 2.24) is 23.5 Å². The van der Waals surface area contributed by atoms with Crippen LogP contribution >= 0.6 is 0 Å². The third-order valence-corrected chi connectivity index (χ3v) is 3.92. The number of nitrogens with one attached hydrogen (secondary N) is 1. The van der Waals surface area contributed by atoms with Crippen LogP contribution in [-0.2, 0) is 23.1 Å². The third-order valence-electron chi connectivity index (χ3n) is 3.92. The number of imidazole rings is 2. The minimum Gasteiger partial charge on any atom is -0.468 e. The van der Waals surface area contributed by atoms with Gasteiger partial charge in [-0.2, -0.15) is 4.98 Å². The number of hydrogen-bond acceptors (Lipinski definition) is 5. The molecule has 116 valence electrons. The first-order chi connectivity index (χ1) is 10.4. The molecule has 9 heteroatoms. The normalized spacial score (nSPS) is 11.5. The van der Waals surface area contributed by atoms with Gasteiger partial charge in [0, 0.05) is 18.4 Å². The Bertz CT molecular complexity index is 1030. The Morgan fingerprint density at radius 3 is 2.59 bits per heavy atom. The van der Waals surface area contributed by atoms with Crippen LogP contribution in [0.4, 0.5) is 0 Å². The lowest BCUT2D eigenvalue weighted by Crippen LogP contribution is -2.28. The number of esters is 1. The van der Waals surface area contributed by atoms with Gasteiger partial charge in [0.05, 0.1) is 7.11 Å². The fourth-order valence-electron chi connectivity index (χ4n) is 2.56. The Morgan fingerprint density at radius 1 is 1.27 bits per heavy atom. The Morgan fingerprint density at radius 2 is 1.95 bits per heavy atom. The van der Waals surface area contributed by atoms with E-state index in [0.717, 1.165) is 11.4 Å². The number of rotatable bonds is 2. The van der Waals surface area contributed by atoms with Gasteiger partial charge in [0.1, 0.15) is 6.54 Å². The maximum absolute atomic E-state index is 12.1. The van der Waals surface area contributed by atoms with E-state index >= 15 is 0 Å². The zero-order valence-corrected chi connectivity index (χ0v) is 12.6. The van der Waals surface area contributed by atoms with Gasteiger partial charge < -0.3 is 9.30 Å². The van der Waals surface area contributed by atoms with Gasteiger partial charge in [-0.15, -0.1) is 0 Å². The molecule has 0 aliphatic rings. The van der Waals surface area contributed by atoms with Gasteiger partial charge in [-0.1, -0.05) is 0 Å². The van der Waals surface area contributed by atoms with E-state index in [4.69, 9.17) is 0 Å². The van der Waals surface area contributed by atoms with Crippen LogP contribution in [0.3, 0.4) is 0 Å². The second kappa shape index (κ2) is 4.58. The van der Waals surface area contributed by atoms with E-state index in [1.54, 1.807) is 8.97 Å². The molecular formula is C13H15N5O4. The molecule has 22 heavy (non-hydrogen) atoms. The van der Waals surface area contributed by atoms with E-state index in [9.17, 15) is 14.4 Å². The predicted molar refractivity (Wildman–Crippen MR) is 78.0 cm³/mol. The molecule has 0 unspecified atom stereocenters. The van der Waals surface area contributed by atoms with Gasteiger partial charge in [0.15, 0.2) is 11.2 Å². The van der Waals surface area contributed by atoms with E-state index in [-0.39, 0.29) is 17.7 Å². The van der Waals surface area contributed by atoms with E-state index in [2.05, 4.69) is 14.7 Å². The average Bonchev–Trinajstić information content (AvgIpc) is 2.97. The zero-order chi connectivity index (χ0) is 16.2. The lowest BCUT2D eigenvalue weighted by Gasteiger charge is -2.04. The van der Waals surface area contributed by atoms with Crippen molar-refractivity contribution in [2.45, 2.75) is 20.4 Å². The van der Waals surface area contributed by atoms with Crippen LogP contribution in [0.1, 0.15) is 11.4 Å². The number of carbonyl (C=O) groups is 1. The molecular weight excluding hydrogens is 290 g/mol. The van der Waals surface area contributed by atoms with Gasteiger partial charge in [-0.25, -0.2) is 4.79 Å². The Labute approximate surface area is 123 Å². The third kappa shape index (κ3) is 1.71. The fourth-order valence-corrected chi connectivity index (χ4v) is 2.56. The zero-order valence-electron chi connectivity index (χ0n) is 12.6. The number of aromatic amines is 1. The highest BCUT2D eigenvalue weighted by atomic mass is 16.5. The molecule has 0 saturated carbocycles. The van der Waals surface area contributed by atoms with Crippen LogP contribution < -0.4 is 11.2 Å². The minimum absolute atomic E-state index is 0.0190. The number of aromatic nitrogens is 5. The summed E-state index contributed by atoms with van der Waals surface area (Å²) >= 11 is 0. The summed E-state index contributed by atoms with van der Waals surface area (Å²) in [6.07, 6.45) is 0. The molecule has 3 aromatic rings. The van der Waals surface area contributed by atoms with Crippen molar-refractivity contribution in [3.63, 3.8) is 0 Å². The van der Waals surface area contributed by atoms with Crippen molar-refractivity contribution in [2.75, 3.05) is 7.11 Å². The molecule has 0 radical (unpaired) electrons. The summed E-state index contributed by atoms with van der Waals surface area (Å²) in [6, 6.07) is 0. The summed E-state index contributed by atoms with van der Waals surface area (Å²) in [5, 5.41) is 0. The highest BCUT2D eigenvalue weighted by Gasteiger charge is 2.21. The average molecular weight is 305 g/mol. The topological polar surface area (TPSA) is 103 Å². The number of ether oxygens (including phenoxy) is 1. The molecule has 0 amide bonds. The van der Waals surface area contributed by atoms with Crippen LogP contribution in [-0.4, -0.2) is 36.6 Å². The maximum atomic E-state index is 12.1. The van der Waals surface area contributed by atoms with E-state index in [1.807, 2.05) is 13.8 Å². The number of nitrogens with zero attached hydrogens (tertiary/aromatic N) is 4. The smallest absolute Gasteiger partial charge is 0.329 e. The Kier molecular flexibility index (Phi) is 2.94. The molecule has 0 bridgehead atoms. The van der Waals surface area contributed by atoms with Crippen molar-refractivity contribution in [3.05, 3.63) is 32.2 Å². The summed E-state index contributed by atoms with van der Waals surface area (Å²) in [7, 11) is 2.83. The molecule has 3 rings (SSSR count). The van der Waals surface area contributed by atoms with Gasteiger partial charge >= 0.3 is 11.7 Å². The second-order valence-corrected chi connectivity index (χ2v) is 5.07. The Hall–Kier alpha value is -2.84. The van der Waals surface area contributed by atoms with E-state index in [0.29, 0.717) is 5.78 Å². The van der Waals surface area contributed by atoms with Gasteiger partial charge in [-0.05, 0) is 13.8 Å². The standard InChI is InChI=1S/C13H15N5O4/c1-6-7(2)18-9-10(16(3)13(21)15-11(9)20)14-12(18)17(6)5-8(19)22-4/h5H2,1-4H3,(H,15,20,21). The molecule has 0 saturated heterocycles. The molecule has 1 N–H and O–H groups in total. The van der Waals surface area contributed by atoms with Crippen LogP contribution in [0.15, 0.2) is 9.59 Å². The number of carbonyl (C=O) groups excluding carboxylic acids is 1. The summed E-state index contributed by atoms with van der Waals surface area (Å²) in [6.45, 7) is 3.63. The number of aryl methyl sites for hydroxylation is 2.